The van der Waals surface area contributed by atoms with E-state index in [4.69, 9.17) is 5.11 Å². The Balaban J connectivity index is 2.40. The van der Waals surface area contributed by atoms with Gasteiger partial charge in [0, 0.05) is 12.5 Å². The maximum atomic E-state index is 11.4. The molecular formula is C9H15NO5S. The summed E-state index contributed by atoms with van der Waals surface area (Å²) in [4.78, 5) is 21.7. The van der Waals surface area contributed by atoms with Crippen LogP contribution in [0.2, 0.25) is 0 Å². The maximum Gasteiger partial charge on any atom is 0.321 e. The molecule has 0 spiro atoms. The Bertz CT molecular complexity index is 385. The minimum atomic E-state index is -3.73. The van der Waals surface area contributed by atoms with Crippen molar-refractivity contribution in [2.75, 3.05) is 5.75 Å². The predicted octanol–water partition coefficient (Wildman–Crippen LogP) is -0.457. The molecule has 1 aliphatic carbocycles. The molecule has 2 N–H and O–H groups in total. The van der Waals surface area contributed by atoms with Crippen LogP contribution in [0.1, 0.15) is 26.2 Å². The van der Waals surface area contributed by atoms with Gasteiger partial charge < -0.3 is 10.4 Å². The Labute approximate surface area is 93.9 Å². The van der Waals surface area contributed by atoms with E-state index < -0.39 is 26.8 Å². The van der Waals surface area contributed by atoms with E-state index >= 15 is 0 Å². The summed E-state index contributed by atoms with van der Waals surface area (Å²) in [5.74, 6) is -2.13. The highest BCUT2D eigenvalue weighted by Gasteiger charge is 2.29. The summed E-state index contributed by atoms with van der Waals surface area (Å²) in [6.07, 6.45) is 1.70. The molecule has 1 rings (SSSR count). The molecule has 0 aromatic heterocycles. The van der Waals surface area contributed by atoms with Crippen LogP contribution in [-0.2, 0) is 19.4 Å². The molecule has 16 heavy (non-hydrogen) atoms. The third-order valence-electron chi connectivity index (χ3n) is 2.44. The van der Waals surface area contributed by atoms with E-state index in [1.54, 1.807) is 0 Å². The molecule has 0 saturated heterocycles. The van der Waals surface area contributed by atoms with Crippen molar-refractivity contribution in [3.05, 3.63) is 0 Å². The number of sulfone groups is 1. The van der Waals surface area contributed by atoms with E-state index in [0.29, 0.717) is 0 Å². The molecule has 1 saturated carbocycles. The lowest BCUT2D eigenvalue weighted by atomic mass is 10.4. The van der Waals surface area contributed by atoms with E-state index in [2.05, 4.69) is 5.32 Å². The molecule has 0 aromatic carbocycles. The normalized spacial score (nSPS) is 17.8. The molecule has 6 nitrogen and oxygen atoms in total. The van der Waals surface area contributed by atoms with Gasteiger partial charge in [-0.05, 0) is 19.8 Å². The van der Waals surface area contributed by atoms with Gasteiger partial charge in [-0.1, -0.05) is 0 Å². The van der Waals surface area contributed by atoms with Crippen molar-refractivity contribution in [1.82, 2.24) is 5.32 Å². The van der Waals surface area contributed by atoms with Gasteiger partial charge in [0.1, 0.15) is 0 Å². The summed E-state index contributed by atoms with van der Waals surface area (Å²) >= 11 is 0. The zero-order valence-corrected chi connectivity index (χ0v) is 9.79. The Morgan fingerprint density at radius 1 is 1.44 bits per heavy atom. The first-order valence-corrected chi connectivity index (χ1v) is 6.78. The Hall–Kier alpha value is -1.11. The molecule has 1 aliphatic rings. The first-order valence-electron chi connectivity index (χ1n) is 5.06. The summed E-state index contributed by atoms with van der Waals surface area (Å²) in [5, 5.41) is 9.75. The monoisotopic (exact) mass is 249 g/mol. The van der Waals surface area contributed by atoms with E-state index in [1.807, 2.05) is 0 Å². The molecule has 1 atom stereocenters. The molecule has 0 radical (unpaired) electrons. The summed E-state index contributed by atoms with van der Waals surface area (Å²) in [7, 11) is -3.73. The van der Waals surface area contributed by atoms with Crippen LogP contribution in [-0.4, -0.2) is 42.4 Å². The average Bonchev–Trinajstić information content (AvgIpc) is 2.97. The molecule has 0 aliphatic heterocycles. The minimum absolute atomic E-state index is 0.170. The third-order valence-corrected chi connectivity index (χ3v) is 4.49. The van der Waals surface area contributed by atoms with Gasteiger partial charge in [0.05, 0.1) is 5.75 Å². The highest BCUT2D eigenvalue weighted by Crippen LogP contribution is 2.18. The van der Waals surface area contributed by atoms with Gasteiger partial charge >= 0.3 is 5.97 Å². The molecule has 7 heteroatoms. The number of amides is 1. The quantitative estimate of drug-likeness (QED) is 0.663. The number of carbonyl (C=O) groups is 2. The Morgan fingerprint density at radius 2 is 2.00 bits per heavy atom. The Kier molecular flexibility index (Phi) is 3.90. The highest BCUT2D eigenvalue weighted by atomic mass is 32.2. The van der Waals surface area contributed by atoms with Gasteiger partial charge in [0.2, 0.25) is 5.91 Å². The standard InChI is InChI=1S/C9H15NO5S/c1-6(9(12)13)16(14,15)5-4-8(11)10-7-2-3-7/h6-7H,2-5H2,1H3,(H,10,11)(H,12,13). The molecule has 92 valence electrons. The van der Waals surface area contributed by atoms with Crippen molar-refractivity contribution in [3.8, 4) is 0 Å². The number of rotatable bonds is 6. The zero-order chi connectivity index (χ0) is 12.3. The fourth-order valence-electron chi connectivity index (χ4n) is 1.09. The average molecular weight is 249 g/mol. The van der Waals surface area contributed by atoms with Crippen LogP contribution in [0, 0.1) is 0 Å². The first-order chi connectivity index (χ1) is 7.33. The van der Waals surface area contributed by atoms with Gasteiger partial charge in [0.15, 0.2) is 15.1 Å². The van der Waals surface area contributed by atoms with Crippen molar-refractivity contribution in [1.29, 1.82) is 0 Å². The lowest BCUT2D eigenvalue weighted by Crippen LogP contribution is -2.32. The zero-order valence-electron chi connectivity index (χ0n) is 8.97. The SMILES string of the molecule is CC(C(=O)O)S(=O)(=O)CCC(=O)NC1CC1. The maximum absolute atomic E-state index is 11.4. The second kappa shape index (κ2) is 4.82. The van der Waals surface area contributed by atoms with E-state index in [9.17, 15) is 18.0 Å². The molecule has 0 aromatic rings. The molecule has 0 bridgehead atoms. The highest BCUT2D eigenvalue weighted by molar-refractivity contribution is 7.92. The van der Waals surface area contributed by atoms with E-state index in [1.165, 1.54) is 0 Å². The smallest absolute Gasteiger partial charge is 0.321 e. The van der Waals surface area contributed by atoms with Gasteiger partial charge in [-0.15, -0.1) is 0 Å². The lowest BCUT2D eigenvalue weighted by molar-refractivity contribution is -0.136. The number of nitrogens with one attached hydrogen (secondary N) is 1. The number of aliphatic carboxylic acids is 1. The van der Waals surface area contributed by atoms with Crippen LogP contribution in [0.3, 0.4) is 0 Å². The summed E-state index contributed by atoms with van der Waals surface area (Å²) < 4.78 is 22.8. The Morgan fingerprint density at radius 3 is 2.44 bits per heavy atom. The van der Waals surface area contributed by atoms with E-state index in [0.717, 1.165) is 19.8 Å². The van der Waals surface area contributed by atoms with Gasteiger partial charge in [-0.3, -0.25) is 9.59 Å². The van der Waals surface area contributed by atoms with Gasteiger partial charge in [0.25, 0.3) is 0 Å². The third kappa shape index (κ3) is 3.80. The number of carbonyl (C=O) groups excluding carboxylic acids is 1. The fraction of sp³-hybridized carbons (Fsp3) is 0.778. The van der Waals surface area contributed by atoms with Crippen molar-refractivity contribution in [3.63, 3.8) is 0 Å². The van der Waals surface area contributed by atoms with Crippen LogP contribution in [0.5, 0.6) is 0 Å². The molecule has 1 amide bonds. The van der Waals surface area contributed by atoms with Gasteiger partial charge in [-0.25, -0.2) is 8.42 Å². The number of hydrogen-bond acceptors (Lipinski definition) is 4. The van der Waals surface area contributed by atoms with Gasteiger partial charge in [-0.2, -0.15) is 0 Å². The lowest BCUT2D eigenvalue weighted by Gasteiger charge is -2.08. The molecule has 0 heterocycles. The number of carboxylic acids is 1. The number of hydrogen-bond donors (Lipinski definition) is 2. The summed E-state index contributed by atoms with van der Waals surface area (Å²) in [6, 6.07) is 0.187. The van der Waals surface area contributed by atoms with Crippen LogP contribution in [0.25, 0.3) is 0 Å². The van der Waals surface area contributed by atoms with Crippen LogP contribution >= 0.6 is 0 Å². The summed E-state index contributed by atoms with van der Waals surface area (Å²) in [6.45, 7) is 1.11. The molecule has 1 unspecified atom stereocenters. The first kappa shape index (κ1) is 13.0. The second-order valence-electron chi connectivity index (χ2n) is 3.94. The van der Waals surface area contributed by atoms with Crippen molar-refractivity contribution in [2.24, 2.45) is 0 Å². The van der Waals surface area contributed by atoms with Crippen molar-refractivity contribution < 1.29 is 23.1 Å². The molecule has 1 fully saturated rings. The fourth-order valence-corrected chi connectivity index (χ4v) is 2.22. The summed E-state index contributed by atoms with van der Waals surface area (Å²) in [5.41, 5.74) is 0. The van der Waals surface area contributed by atoms with Crippen molar-refractivity contribution >= 4 is 21.7 Å². The topological polar surface area (TPSA) is 101 Å². The second-order valence-corrected chi connectivity index (χ2v) is 6.38. The van der Waals surface area contributed by atoms with Crippen molar-refractivity contribution in [2.45, 2.75) is 37.5 Å². The largest absolute Gasteiger partial charge is 0.480 e. The number of carboxylic acid groups (broad SMARTS) is 1. The predicted molar refractivity (Wildman–Crippen MR) is 56.7 cm³/mol. The van der Waals surface area contributed by atoms with Crippen LogP contribution < -0.4 is 5.32 Å². The van der Waals surface area contributed by atoms with Crippen LogP contribution in [0.15, 0.2) is 0 Å². The van der Waals surface area contributed by atoms with Crippen LogP contribution in [0.4, 0.5) is 0 Å². The molecular weight excluding hydrogens is 234 g/mol. The van der Waals surface area contributed by atoms with E-state index in [-0.39, 0.29) is 18.4 Å². The minimum Gasteiger partial charge on any atom is -0.480 e.